The molecule has 0 saturated heterocycles. The first kappa shape index (κ1) is 10.6. The largest absolute Gasteiger partial charge is 0.478 e. The van der Waals surface area contributed by atoms with Crippen LogP contribution < -0.4 is 0 Å². The van der Waals surface area contributed by atoms with Gasteiger partial charge in [0, 0.05) is 11.1 Å². The Labute approximate surface area is 96.7 Å². The molecule has 4 heteroatoms. The fraction of sp³-hybridized carbons (Fsp3) is 0. The molecule has 0 atom stereocenters. The van der Waals surface area contributed by atoms with Gasteiger partial charge in [0.25, 0.3) is 0 Å². The summed E-state index contributed by atoms with van der Waals surface area (Å²) < 4.78 is 0. The topological polar surface area (TPSA) is 50.2 Å². The van der Waals surface area contributed by atoms with Crippen molar-refractivity contribution in [2.75, 3.05) is 0 Å². The molecule has 16 heavy (non-hydrogen) atoms. The third-order valence-electron chi connectivity index (χ3n) is 1.99. The normalized spacial score (nSPS) is 10.8. The lowest BCUT2D eigenvalue weighted by Crippen LogP contribution is -1.96. The molecule has 2 heterocycles. The number of aromatic nitrogens is 1. The molecule has 0 aliphatic carbocycles. The molecule has 0 radical (unpaired) electrons. The Morgan fingerprint density at radius 2 is 2.19 bits per heavy atom. The van der Waals surface area contributed by atoms with E-state index in [0.717, 1.165) is 10.6 Å². The molecule has 1 N–H and O–H groups in total. The number of pyridine rings is 1. The molecule has 0 aliphatic rings. The van der Waals surface area contributed by atoms with Gasteiger partial charge in [-0.05, 0) is 35.7 Å². The van der Waals surface area contributed by atoms with E-state index >= 15 is 0 Å². The predicted octanol–water partition coefficient (Wildman–Crippen LogP) is 3.01. The maximum Gasteiger partial charge on any atom is 0.337 e. The summed E-state index contributed by atoms with van der Waals surface area (Å²) in [6, 6.07) is 7.22. The molecule has 3 nitrogen and oxygen atoms in total. The van der Waals surface area contributed by atoms with Gasteiger partial charge in [-0.15, -0.1) is 11.3 Å². The number of rotatable bonds is 3. The van der Waals surface area contributed by atoms with Crippen LogP contribution in [0.4, 0.5) is 0 Å². The van der Waals surface area contributed by atoms with E-state index in [2.05, 4.69) is 4.98 Å². The Morgan fingerprint density at radius 3 is 2.75 bits per heavy atom. The van der Waals surface area contributed by atoms with E-state index in [1.54, 1.807) is 23.5 Å². The van der Waals surface area contributed by atoms with Crippen LogP contribution in [0.1, 0.15) is 20.9 Å². The Balaban J connectivity index is 2.14. The molecule has 2 aromatic heterocycles. The van der Waals surface area contributed by atoms with Crippen LogP contribution in [0.25, 0.3) is 12.2 Å². The number of nitrogens with zero attached hydrogens (tertiary/aromatic N) is 1. The number of aromatic carboxylic acids is 1. The van der Waals surface area contributed by atoms with Gasteiger partial charge in [0.15, 0.2) is 0 Å². The van der Waals surface area contributed by atoms with Crippen LogP contribution in [-0.2, 0) is 0 Å². The maximum absolute atomic E-state index is 10.6. The van der Waals surface area contributed by atoms with Gasteiger partial charge in [0.1, 0.15) is 0 Å². The lowest BCUT2D eigenvalue weighted by Gasteiger charge is -1.94. The highest BCUT2D eigenvalue weighted by Gasteiger charge is 2.00. The standard InChI is InChI=1S/C12H9NO2S/c14-12(15)9-3-4-10(13-8-9)5-6-11-2-1-7-16-11/h1-8H,(H,14,15). The highest BCUT2D eigenvalue weighted by atomic mass is 32.1. The molecular weight excluding hydrogens is 222 g/mol. The maximum atomic E-state index is 10.6. The second-order valence-corrected chi connectivity index (χ2v) is 4.10. The highest BCUT2D eigenvalue weighted by Crippen LogP contribution is 2.12. The fourth-order valence-corrected chi connectivity index (χ4v) is 1.80. The first-order valence-corrected chi connectivity index (χ1v) is 5.54. The minimum absolute atomic E-state index is 0.202. The Kier molecular flexibility index (Phi) is 3.12. The zero-order valence-electron chi connectivity index (χ0n) is 8.33. The van der Waals surface area contributed by atoms with Gasteiger partial charge >= 0.3 is 5.97 Å². The van der Waals surface area contributed by atoms with Crippen molar-refractivity contribution in [1.29, 1.82) is 0 Å². The summed E-state index contributed by atoms with van der Waals surface area (Å²) >= 11 is 1.64. The molecule has 0 amide bonds. The van der Waals surface area contributed by atoms with Gasteiger partial charge in [-0.2, -0.15) is 0 Å². The van der Waals surface area contributed by atoms with Crippen molar-refractivity contribution in [3.05, 3.63) is 52.0 Å². The van der Waals surface area contributed by atoms with Crippen molar-refractivity contribution < 1.29 is 9.90 Å². The molecule has 80 valence electrons. The van der Waals surface area contributed by atoms with Crippen LogP contribution in [0, 0.1) is 0 Å². The first-order valence-electron chi connectivity index (χ1n) is 4.66. The van der Waals surface area contributed by atoms with Crippen molar-refractivity contribution in [2.24, 2.45) is 0 Å². The van der Waals surface area contributed by atoms with E-state index in [-0.39, 0.29) is 5.56 Å². The van der Waals surface area contributed by atoms with Crippen molar-refractivity contribution in [2.45, 2.75) is 0 Å². The highest BCUT2D eigenvalue weighted by molar-refractivity contribution is 7.10. The summed E-state index contributed by atoms with van der Waals surface area (Å²) in [5.41, 5.74) is 0.951. The summed E-state index contributed by atoms with van der Waals surface area (Å²) in [7, 11) is 0. The van der Waals surface area contributed by atoms with Crippen LogP contribution in [0.3, 0.4) is 0 Å². The molecule has 2 aromatic rings. The molecule has 2 rings (SSSR count). The lowest BCUT2D eigenvalue weighted by molar-refractivity contribution is 0.0696. The summed E-state index contributed by atoms with van der Waals surface area (Å²) in [6.45, 7) is 0. The molecule has 0 spiro atoms. The Hall–Kier alpha value is -1.94. The van der Waals surface area contributed by atoms with Crippen LogP contribution in [0.5, 0.6) is 0 Å². The third kappa shape index (κ3) is 2.55. The van der Waals surface area contributed by atoms with Gasteiger partial charge < -0.3 is 5.11 Å². The molecule has 0 unspecified atom stereocenters. The minimum Gasteiger partial charge on any atom is -0.478 e. The average Bonchev–Trinajstić information content (AvgIpc) is 2.80. The predicted molar refractivity (Wildman–Crippen MR) is 64.4 cm³/mol. The fourth-order valence-electron chi connectivity index (χ4n) is 1.18. The van der Waals surface area contributed by atoms with E-state index in [9.17, 15) is 4.79 Å². The minimum atomic E-state index is -0.957. The van der Waals surface area contributed by atoms with Gasteiger partial charge in [-0.25, -0.2) is 4.79 Å². The number of carboxylic acids is 1. The molecule has 0 aliphatic heterocycles. The van der Waals surface area contributed by atoms with Crippen molar-refractivity contribution >= 4 is 29.5 Å². The smallest absolute Gasteiger partial charge is 0.337 e. The average molecular weight is 231 g/mol. The molecule has 0 saturated carbocycles. The Morgan fingerprint density at radius 1 is 1.31 bits per heavy atom. The van der Waals surface area contributed by atoms with Gasteiger partial charge in [0.2, 0.25) is 0 Å². The van der Waals surface area contributed by atoms with Crippen LogP contribution in [0.15, 0.2) is 35.8 Å². The van der Waals surface area contributed by atoms with Crippen LogP contribution in [0.2, 0.25) is 0 Å². The second-order valence-electron chi connectivity index (χ2n) is 3.13. The van der Waals surface area contributed by atoms with Gasteiger partial charge in [-0.1, -0.05) is 6.07 Å². The number of thiophene rings is 1. The molecule has 0 aromatic carbocycles. The van der Waals surface area contributed by atoms with Gasteiger partial charge in [0.05, 0.1) is 11.3 Å². The molecular formula is C12H9NO2S. The zero-order valence-corrected chi connectivity index (χ0v) is 9.15. The Bertz CT molecular complexity index is 500. The van der Waals surface area contributed by atoms with E-state index in [1.165, 1.54) is 6.20 Å². The number of hydrogen-bond donors (Lipinski definition) is 1. The summed E-state index contributed by atoms with van der Waals surface area (Å²) in [5.74, 6) is -0.957. The molecule has 0 bridgehead atoms. The monoisotopic (exact) mass is 231 g/mol. The zero-order chi connectivity index (χ0) is 11.4. The van der Waals surface area contributed by atoms with E-state index in [0.29, 0.717) is 0 Å². The number of carbonyl (C=O) groups is 1. The van der Waals surface area contributed by atoms with E-state index in [4.69, 9.17) is 5.11 Å². The second kappa shape index (κ2) is 4.72. The van der Waals surface area contributed by atoms with Gasteiger partial charge in [-0.3, -0.25) is 4.98 Å². The van der Waals surface area contributed by atoms with Crippen molar-refractivity contribution in [3.8, 4) is 0 Å². The van der Waals surface area contributed by atoms with Crippen LogP contribution in [-0.4, -0.2) is 16.1 Å². The quantitative estimate of drug-likeness (QED) is 0.883. The summed E-state index contributed by atoms with van der Waals surface area (Å²) in [6.07, 6.45) is 5.17. The van der Waals surface area contributed by atoms with Crippen molar-refractivity contribution in [1.82, 2.24) is 4.98 Å². The van der Waals surface area contributed by atoms with E-state index in [1.807, 2.05) is 29.7 Å². The number of carboxylic acid groups (broad SMARTS) is 1. The molecule has 0 fully saturated rings. The van der Waals surface area contributed by atoms with Crippen molar-refractivity contribution in [3.63, 3.8) is 0 Å². The summed E-state index contributed by atoms with van der Waals surface area (Å²) in [5, 5.41) is 10.7. The number of hydrogen-bond acceptors (Lipinski definition) is 3. The third-order valence-corrected chi connectivity index (χ3v) is 2.83. The SMILES string of the molecule is O=C(O)c1ccc(C=Cc2cccs2)nc1. The van der Waals surface area contributed by atoms with E-state index < -0.39 is 5.97 Å². The lowest BCUT2D eigenvalue weighted by atomic mass is 10.2. The van der Waals surface area contributed by atoms with Crippen LogP contribution >= 0.6 is 11.3 Å². The first-order chi connectivity index (χ1) is 7.75. The summed E-state index contributed by atoms with van der Waals surface area (Å²) in [4.78, 5) is 15.8.